The first-order valence-electron chi connectivity index (χ1n) is 7.07. The van der Waals surface area contributed by atoms with Gasteiger partial charge in [0.1, 0.15) is 5.75 Å². The third-order valence-electron chi connectivity index (χ3n) is 4.29. The van der Waals surface area contributed by atoms with Gasteiger partial charge in [0.25, 0.3) is 0 Å². The number of methoxy groups -OCH3 is 1. The van der Waals surface area contributed by atoms with Crippen LogP contribution in [-0.2, 0) is 0 Å². The summed E-state index contributed by atoms with van der Waals surface area (Å²) in [5.74, 6) is 0.820. The maximum atomic E-state index is 12.5. The van der Waals surface area contributed by atoms with Crippen LogP contribution < -0.4 is 10.5 Å². The molecular formula is C16H23NO2. The molecular weight excluding hydrogens is 238 g/mol. The van der Waals surface area contributed by atoms with E-state index in [4.69, 9.17) is 10.5 Å². The van der Waals surface area contributed by atoms with Crippen LogP contribution in [0.3, 0.4) is 0 Å². The van der Waals surface area contributed by atoms with E-state index in [0.717, 1.165) is 12.8 Å². The Balaban J connectivity index is 2.15. The third kappa shape index (κ3) is 3.16. The molecule has 0 spiro atoms. The first kappa shape index (κ1) is 14.1. The van der Waals surface area contributed by atoms with E-state index in [9.17, 15) is 4.79 Å². The number of carbonyl (C=O) groups excluding carboxylic acids is 1. The number of Topliss-reactive ketones (excluding diaryl/α,β-unsaturated/α-hetero) is 1. The van der Waals surface area contributed by atoms with E-state index in [2.05, 4.69) is 0 Å². The highest BCUT2D eigenvalue weighted by Crippen LogP contribution is 2.39. The highest BCUT2D eigenvalue weighted by atomic mass is 16.5. The molecule has 1 saturated carbocycles. The molecule has 0 aliphatic heterocycles. The van der Waals surface area contributed by atoms with Gasteiger partial charge in [-0.05, 0) is 36.9 Å². The molecule has 1 aliphatic rings. The van der Waals surface area contributed by atoms with Crippen LogP contribution in [0.5, 0.6) is 5.75 Å². The van der Waals surface area contributed by atoms with E-state index < -0.39 is 0 Å². The molecule has 1 aromatic rings. The summed E-state index contributed by atoms with van der Waals surface area (Å²) >= 11 is 0. The van der Waals surface area contributed by atoms with Crippen LogP contribution in [0.1, 0.15) is 48.9 Å². The van der Waals surface area contributed by atoms with Crippen molar-refractivity contribution in [1.82, 2.24) is 0 Å². The number of nitrogens with two attached hydrogens (primary N) is 1. The van der Waals surface area contributed by atoms with Gasteiger partial charge in [-0.25, -0.2) is 0 Å². The Hall–Kier alpha value is -1.35. The molecule has 0 aromatic heterocycles. The van der Waals surface area contributed by atoms with Crippen molar-refractivity contribution in [3.8, 4) is 5.75 Å². The summed E-state index contributed by atoms with van der Waals surface area (Å²) in [6.45, 7) is 0.605. The Kier molecular flexibility index (Phi) is 4.59. The summed E-state index contributed by atoms with van der Waals surface area (Å²) in [6.07, 6.45) is 6.34. The molecule has 0 amide bonds. The normalized spacial score (nSPS) is 18.0. The second-order valence-corrected chi connectivity index (χ2v) is 5.57. The number of hydrogen-bond donors (Lipinski definition) is 1. The standard InChI is InChI=1S/C16H23NO2/c1-19-15-8-4-3-7-13(15)14(18)11-16(12-17)9-5-2-6-10-16/h3-4,7-8H,2,5-6,9-12,17H2,1H3. The van der Waals surface area contributed by atoms with Gasteiger partial charge >= 0.3 is 0 Å². The maximum absolute atomic E-state index is 12.5. The van der Waals surface area contributed by atoms with Gasteiger partial charge in [-0.1, -0.05) is 31.4 Å². The first-order valence-corrected chi connectivity index (χ1v) is 7.07. The number of hydrogen-bond acceptors (Lipinski definition) is 3. The fraction of sp³-hybridized carbons (Fsp3) is 0.562. The van der Waals surface area contributed by atoms with Gasteiger partial charge in [-0.15, -0.1) is 0 Å². The van der Waals surface area contributed by atoms with Crippen molar-refractivity contribution in [3.05, 3.63) is 29.8 Å². The van der Waals surface area contributed by atoms with Crippen molar-refractivity contribution in [3.63, 3.8) is 0 Å². The average molecular weight is 261 g/mol. The van der Waals surface area contributed by atoms with Crippen LogP contribution in [-0.4, -0.2) is 19.4 Å². The van der Waals surface area contributed by atoms with Crippen LogP contribution in [0.4, 0.5) is 0 Å². The van der Waals surface area contributed by atoms with Gasteiger partial charge in [0.2, 0.25) is 0 Å². The fourth-order valence-corrected chi connectivity index (χ4v) is 3.07. The Morgan fingerprint density at radius 2 is 1.95 bits per heavy atom. The average Bonchev–Trinajstić information content (AvgIpc) is 2.48. The van der Waals surface area contributed by atoms with Crippen molar-refractivity contribution in [2.75, 3.05) is 13.7 Å². The molecule has 0 unspecified atom stereocenters. The largest absolute Gasteiger partial charge is 0.496 e. The van der Waals surface area contributed by atoms with Crippen molar-refractivity contribution in [1.29, 1.82) is 0 Å². The van der Waals surface area contributed by atoms with Gasteiger partial charge in [0.15, 0.2) is 5.78 Å². The van der Waals surface area contributed by atoms with Gasteiger partial charge in [-0.2, -0.15) is 0 Å². The predicted molar refractivity (Wildman–Crippen MR) is 76.5 cm³/mol. The summed E-state index contributed by atoms with van der Waals surface area (Å²) in [6, 6.07) is 7.44. The Labute approximate surface area is 115 Å². The molecule has 0 saturated heterocycles. The van der Waals surface area contributed by atoms with Crippen LogP contribution in [0.2, 0.25) is 0 Å². The minimum Gasteiger partial charge on any atom is -0.496 e. The van der Waals surface area contributed by atoms with Gasteiger partial charge in [0.05, 0.1) is 12.7 Å². The number of para-hydroxylation sites is 1. The second-order valence-electron chi connectivity index (χ2n) is 5.57. The lowest BCUT2D eigenvalue weighted by molar-refractivity contribution is 0.0865. The molecule has 1 aliphatic carbocycles. The lowest BCUT2D eigenvalue weighted by Gasteiger charge is -2.35. The Morgan fingerprint density at radius 1 is 1.26 bits per heavy atom. The fourth-order valence-electron chi connectivity index (χ4n) is 3.07. The molecule has 0 atom stereocenters. The van der Waals surface area contributed by atoms with Crippen molar-refractivity contribution in [2.45, 2.75) is 38.5 Å². The lowest BCUT2D eigenvalue weighted by Crippen LogP contribution is -2.35. The number of carbonyl (C=O) groups is 1. The van der Waals surface area contributed by atoms with Crippen molar-refractivity contribution >= 4 is 5.78 Å². The maximum Gasteiger partial charge on any atom is 0.167 e. The third-order valence-corrected chi connectivity index (χ3v) is 4.29. The van der Waals surface area contributed by atoms with Crippen LogP contribution in [0.25, 0.3) is 0 Å². The highest BCUT2D eigenvalue weighted by molar-refractivity contribution is 5.99. The minimum absolute atomic E-state index is 0.0101. The quantitative estimate of drug-likeness (QED) is 0.828. The Bertz CT molecular complexity index is 436. The zero-order chi connectivity index (χ0) is 13.7. The summed E-state index contributed by atoms with van der Waals surface area (Å²) < 4.78 is 5.27. The van der Waals surface area contributed by atoms with E-state index in [1.54, 1.807) is 7.11 Å². The zero-order valence-electron chi connectivity index (χ0n) is 11.7. The molecule has 3 heteroatoms. The Morgan fingerprint density at radius 3 is 2.58 bits per heavy atom. The molecule has 1 fully saturated rings. The number of ketones is 1. The smallest absolute Gasteiger partial charge is 0.167 e. The minimum atomic E-state index is 0.0101. The summed E-state index contributed by atoms with van der Waals surface area (Å²) in [5.41, 5.74) is 6.65. The highest BCUT2D eigenvalue weighted by Gasteiger charge is 2.33. The second kappa shape index (κ2) is 6.20. The first-order chi connectivity index (χ1) is 9.21. The van der Waals surface area contributed by atoms with Crippen molar-refractivity contribution < 1.29 is 9.53 Å². The monoisotopic (exact) mass is 261 g/mol. The van der Waals surface area contributed by atoms with Crippen LogP contribution in [0, 0.1) is 5.41 Å². The van der Waals surface area contributed by atoms with Gasteiger partial charge in [-0.3, -0.25) is 4.79 Å². The number of rotatable bonds is 5. The van der Waals surface area contributed by atoms with E-state index >= 15 is 0 Å². The number of ether oxygens (including phenoxy) is 1. The SMILES string of the molecule is COc1ccccc1C(=O)CC1(CN)CCCCC1. The molecule has 0 heterocycles. The lowest BCUT2D eigenvalue weighted by atomic mass is 9.70. The molecule has 0 bridgehead atoms. The summed E-state index contributed by atoms with van der Waals surface area (Å²) in [7, 11) is 1.60. The van der Waals surface area contributed by atoms with Crippen LogP contribution in [0.15, 0.2) is 24.3 Å². The summed E-state index contributed by atoms with van der Waals surface area (Å²) in [5, 5.41) is 0. The molecule has 1 aromatic carbocycles. The van der Waals surface area contributed by atoms with E-state index in [1.165, 1.54) is 19.3 Å². The molecule has 2 rings (SSSR count). The van der Waals surface area contributed by atoms with E-state index in [0.29, 0.717) is 24.3 Å². The van der Waals surface area contributed by atoms with E-state index in [-0.39, 0.29) is 11.2 Å². The van der Waals surface area contributed by atoms with E-state index in [1.807, 2.05) is 24.3 Å². The topological polar surface area (TPSA) is 52.3 Å². The molecule has 0 radical (unpaired) electrons. The number of benzene rings is 1. The molecule has 3 nitrogen and oxygen atoms in total. The van der Waals surface area contributed by atoms with Gasteiger partial charge in [0, 0.05) is 6.42 Å². The molecule has 19 heavy (non-hydrogen) atoms. The van der Waals surface area contributed by atoms with Crippen LogP contribution >= 0.6 is 0 Å². The molecule has 2 N–H and O–H groups in total. The van der Waals surface area contributed by atoms with Gasteiger partial charge < -0.3 is 10.5 Å². The van der Waals surface area contributed by atoms with Crippen molar-refractivity contribution in [2.24, 2.45) is 11.1 Å². The predicted octanol–water partition coefficient (Wildman–Crippen LogP) is 3.18. The molecule has 104 valence electrons. The summed E-state index contributed by atoms with van der Waals surface area (Å²) in [4.78, 5) is 12.5. The zero-order valence-corrected chi connectivity index (χ0v) is 11.7.